The first kappa shape index (κ1) is 12.7. The number of allylic oxidation sites excluding steroid dienone is 1. The van der Waals surface area contributed by atoms with Crippen LogP contribution in [-0.4, -0.2) is 24.2 Å². The molecular weight excluding hydrogens is 184 g/mol. The van der Waals surface area contributed by atoms with Gasteiger partial charge in [-0.25, -0.2) is 4.79 Å². The maximum Gasteiger partial charge on any atom is 0.327 e. The number of hydrogen-bond acceptors (Lipinski definition) is 3. The van der Waals surface area contributed by atoms with Crippen LogP contribution in [0, 0.1) is 5.41 Å². The van der Waals surface area contributed by atoms with Crippen LogP contribution in [-0.2, 0) is 14.3 Å². The summed E-state index contributed by atoms with van der Waals surface area (Å²) in [5.74, 6) is -1.25. The highest BCUT2D eigenvalue weighted by molar-refractivity contribution is 5.79. The number of carbonyl (C=O) groups excluding carboxylic acids is 1. The number of rotatable bonds is 5. The molecule has 0 unspecified atom stereocenters. The molecule has 0 rings (SSSR count). The molecule has 1 N–H and O–H groups in total. The quantitative estimate of drug-likeness (QED) is 0.541. The molecule has 0 aliphatic carbocycles. The van der Waals surface area contributed by atoms with Gasteiger partial charge in [-0.3, -0.25) is 4.79 Å². The molecule has 0 aromatic heterocycles. The second kappa shape index (κ2) is 5.42. The number of hydrogen-bond donors (Lipinski definition) is 1. The Bertz CT molecular complexity index is 241. The minimum atomic E-state index is -0.976. The molecule has 0 amide bonds. The number of aliphatic carboxylic acids is 1. The van der Waals surface area contributed by atoms with Crippen LogP contribution >= 0.6 is 0 Å². The van der Waals surface area contributed by atoms with Crippen molar-refractivity contribution in [1.29, 1.82) is 0 Å². The van der Waals surface area contributed by atoms with Gasteiger partial charge in [0.25, 0.3) is 0 Å². The maximum atomic E-state index is 10.8. The second-order valence-electron chi connectivity index (χ2n) is 3.74. The zero-order chi connectivity index (χ0) is 11.2. The fraction of sp³-hybridized carbons (Fsp3) is 0.600. The summed E-state index contributed by atoms with van der Waals surface area (Å²) in [4.78, 5) is 21.1. The van der Waals surface area contributed by atoms with Crippen LogP contribution in [0.4, 0.5) is 0 Å². The van der Waals surface area contributed by atoms with E-state index in [2.05, 4.69) is 4.74 Å². The Morgan fingerprint density at radius 3 is 2.43 bits per heavy atom. The largest absolute Gasteiger partial charge is 0.478 e. The summed E-state index contributed by atoms with van der Waals surface area (Å²) in [6, 6.07) is 0. The Kier molecular flexibility index (Phi) is 4.91. The van der Waals surface area contributed by atoms with Gasteiger partial charge >= 0.3 is 11.9 Å². The lowest BCUT2D eigenvalue weighted by molar-refractivity contribution is -0.141. The molecule has 0 fully saturated rings. The Labute approximate surface area is 83.6 Å². The molecule has 0 spiro atoms. The monoisotopic (exact) mass is 200 g/mol. The maximum absolute atomic E-state index is 10.8. The zero-order valence-corrected chi connectivity index (χ0v) is 8.74. The smallest absolute Gasteiger partial charge is 0.327 e. The molecule has 14 heavy (non-hydrogen) atoms. The molecule has 0 saturated heterocycles. The van der Waals surface area contributed by atoms with Crippen LogP contribution in [0.3, 0.4) is 0 Å². The molecule has 0 aromatic rings. The minimum Gasteiger partial charge on any atom is -0.478 e. The van der Waals surface area contributed by atoms with E-state index < -0.39 is 5.97 Å². The van der Waals surface area contributed by atoms with E-state index in [9.17, 15) is 9.59 Å². The molecule has 0 atom stereocenters. The third-order valence-corrected chi connectivity index (χ3v) is 1.88. The molecule has 0 aromatic carbocycles. The van der Waals surface area contributed by atoms with Gasteiger partial charge in [-0.05, 0) is 11.8 Å². The Morgan fingerprint density at radius 2 is 2.00 bits per heavy atom. The SMILES string of the molecule is COC(=O)CCC(C)(C)/C=C/C(=O)O. The summed E-state index contributed by atoms with van der Waals surface area (Å²) in [5, 5.41) is 8.42. The number of carboxylic acid groups (broad SMARTS) is 1. The van der Waals surface area contributed by atoms with Crippen LogP contribution in [0.15, 0.2) is 12.2 Å². The molecule has 0 aliphatic rings. The fourth-order valence-corrected chi connectivity index (χ4v) is 0.907. The van der Waals surface area contributed by atoms with Crippen molar-refractivity contribution >= 4 is 11.9 Å². The highest BCUT2D eigenvalue weighted by atomic mass is 16.5. The third-order valence-electron chi connectivity index (χ3n) is 1.88. The third kappa shape index (κ3) is 6.22. The first-order chi connectivity index (χ1) is 6.37. The first-order valence-electron chi connectivity index (χ1n) is 4.36. The lowest BCUT2D eigenvalue weighted by atomic mass is 9.87. The number of carbonyl (C=O) groups is 2. The summed E-state index contributed by atoms with van der Waals surface area (Å²) >= 11 is 0. The van der Waals surface area contributed by atoms with E-state index in [-0.39, 0.29) is 11.4 Å². The molecule has 0 heterocycles. The van der Waals surface area contributed by atoms with Crippen molar-refractivity contribution in [3.05, 3.63) is 12.2 Å². The summed E-state index contributed by atoms with van der Waals surface area (Å²) in [6.07, 6.45) is 3.55. The number of esters is 1. The van der Waals surface area contributed by atoms with Gasteiger partial charge in [0.15, 0.2) is 0 Å². The van der Waals surface area contributed by atoms with Gasteiger partial charge in [-0.2, -0.15) is 0 Å². The van der Waals surface area contributed by atoms with Crippen molar-refractivity contribution < 1.29 is 19.4 Å². The van der Waals surface area contributed by atoms with E-state index >= 15 is 0 Å². The van der Waals surface area contributed by atoms with Crippen molar-refractivity contribution in [2.45, 2.75) is 26.7 Å². The van der Waals surface area contributed by atoms with Gasteiger partial charge in [-0.1, -0.05) is 19.9 Å². The fourth-order valence-electron chi connectivity index (χ4n) is 0.907. The molecule has 0 aliphatic heterocycles. The average Bonchev–Trinajstić information content (AvgIpc) is 2.11. The summed E-state index contributed by atoms with van der Waals surface area (Å²) in [7, 11) is 1.34. The molecule has 0 bridgehead atoms. The van der Waals surface area contributed by atoms with E-state index in [4.69, 9.17) is 5.11 Å². The number of ether oxygens (including phenoxy) is 1. The van der Waals surface area contributed by atoms with Crippen molar-refractivity contribution in [3.63, 3.8) is 0 Å². The van der Waals surface area contributed by atoms with E-state index in [1.165, 1.54) is 7.11 Å². The Morgan fingerprint density at radius 1 is 1.43 bits per heavy atom. The molecule has 4 nitrogen and oxygen atoms in total. The molecule has 80 valence electrons. The van der Waals surface area contributed by atoms with Crippen LogP contribution in [0.25, 0.3) is 0 Å². The average molecular weight is 200 g/mol. The number of carboxylic acids is 1. The molecule has 4 heteroatoms. The normalized spacial score (nSPS) is 11.6. The van der Waals surface area contributed by atoms with Crippen LogP contribution < -0.4 is 0 Å². The van der Waals surface area contributed by atoms with E-state index in [0.29, 0.717) is 12.8 Å². The van der Waals surface area contributed by atoms with Crippen LogP contribution in [0.1, 0.15) is 26.7 Å². The molecule has 0 saturated carbocycles. The highest BCUT2D eigenvalue weighted by Gasteiger charge is 2.16. The molecular formula is C10H16O4. The van der Waals surface area contributed by atoms with Gasteiger partial charge in [-0.15, -0.1) is 0 Å². The predicted molar refractivity (Wildman–Crippen MR) is 51.8 cm³/mol. The minimum absolute atomic E-state index is 0.276. The van der Waals surface area contributed by atoms with Crippen molar-refractivity contribution in [2.75, 3.05) is 7.11 Å². The van der Waals surface area contributed by atoms with Crippen LogP contribution in [0.2, 0.25) is 0 Å². The first-order valence-corrected chi connectivity index (χ1v) is 4.36. The van der Waals surface area contributed by atoms with Gasteiger partial charge < -0.3 is 9.84 Å². The predicted octanol–water partition coefficient (Wildman–Crippen LogP) is 1.61. The van der Waals surface area contributed by atoms with E-state index in [1.807, 2.05) is 13.8 Å². The molecule has 0 radical (unpaired) electrons. The van der Waals surface area contributed by atoms with Crippen molar-refractivity contribution in [2.24, 2.45) is 5.41 Å². The van der Waals surface area contributed by atoms with Crippen molar-refractivity contribution in [1.82, 2.24) is 0 Å². The van der Waals surface area contributed by atoms with Crippen molar-refractivity contribution in [3.8, 4) is 0 Å². The lowest BCUT2D eigenvalue weighted by Gasteiger charge is -2.18. The summed E-state index contributed by atoms with van der Waals surface area (Å²) < 4.78 is 4.49. The van der Waals surface area contributed by atoms with Gasteiger partial charge in [0, 0.05) is 12.5 Å². The van der Waals surface area contributed by atoms with Gasteiger partial charge in [0.2, 0.25) is 0 Å². The van der Waals surface area contributed by atoms with Gasteiger partial charge in [0.05, 0.1) is 7.11 Å². The number of methoxy groups -OCH3 is 1. The summed E-state index contributed by atoms with van der Waals surface area (Å²) in [6.45, 7) is 3.74. The van der Waals surface area contributed by atoms with E-state index in [0.717, 1.165) is 6.08 Å². The van der Waals surface area contributed by atoms with E-state index in [1.54, 1.807) is 6.08 Å². The summed E-state index contributed by atoms with van der Waals surface area (Å²) in [5.41, 5.74) is -0.299. The van der Waals surface area contributed by atoms with Gasteiger partial charge in [0.1, 0.15) is 0 Å². The second-order valence-corrected chi connectivity index (χ2v) is 3.74. The Hall–Kier alpha value is -1.32. The Balaban J connectivity index is 4.07. The highest BCUT2D eigenvalue weighted by Crippen LogP contribution is 2.24. The topological polar surface area (TPSA) is 63.6 Å². The lowest BCUT2D eigenvalue weighted by Crippen LogP contribution is -2.12. The van der Waals surface area contributed by atoms with Crippen LogP contribution in [0.5, 0.6) is 0 Å². The standard InChI is InChI=1S/C10H16O4/c1-10(2,6-4-8(11)12)7-5-9(13)14-3/h4,6H,5,7H2,1-3H3,(H,11,12)/b6-4+. The zero-order valence-electron chi connectivity index (χ0n) is 8.74.